The first-order chi connectivity index (χ1) is 11.0. The lowest BCUT2D eigenvalue weighted by Crippen LogP contribution is -2.45. The van der Waals surface area contributed by atoms with Gasteiger partial charge in [-0.3, -0.25) is 19.7 Å². The first kappa shape index (κ1) is 16.9. The van der Waals surface area contributed by atoms with Gasteiger partial charge in [0, 0.05) is 37.6 Å². The molecule has 1 heterocycles. The lowest BCUT2D eigenvalue weighted by molar-refractivity contribution is -0.384. The molecule has 7 nitrogen and oxygen atoms in total. The highest BCUT2D eigenvalue weighted by Gasteiger charge is 2.27. The average molecular weight is 319 g/mol. The third-order valence-electron chi connectivity index (χ3n) is 4.13. The molecule has 7 heteroatoms. The average Bonchev–Trinajstić information content (AvgIpc) is 2.53. The Morgan fingerprint density at radius 3 is 2.83 bits per heavy atom. The number of hydrogen-bond acceptors (Lipinski definition) is 4. The summed E-state index contributed by atoms with van der Waals surface area (Å²) in [6.07, 6.45) is 3.63. The van der Waals surface area contributed by atoms with E-state index in [0.29, 0.717) is 13.0 Å². The van der Waals surface area contributed by atoms with Crippen LogP contribution in [0.4, 0.5) is 5.69 Å². The fraction of sp³-hybridized carbons (Fsp3) is 0.500. The zero-order valence-corrected chi connectivity index (χ0v) is 12.9. The summed E-state index contributed by atoms with van der Waals surface area (Å²) in [6.45, 7) is 0.645. The van der Waals surface area contributed by atoms with E-state index in [4.69, 9.17) is 5.73 Å². The molecular weight excluding hydrogens is 298 g/mol. The number of nitrogens with zero attached hydrogens (tertiary/aromatic N) is 2. The molecule has 1 aliphatic rings. The monoisotopic (exact) mass is 319 g/mol. The Balaban J connectivity index is 1.96. The van der Waals surface area contributed by atoms with E-state index in [1.165, 1.54) is 12.1 Å². The highest BCUT2D eigenvalue weighted by molar-refractivity contribution is 5.79. The summed E-state index contributed by atoms with van der Waals surface area (Å²) in [4.78, 5) is 35.6. The van der Waals surface area contributed by atoms with Crippen LogP contribution in [0.3, 0.4) is 0 Å². The lowest BCUT2D eigenvalue weighted by Gasteiger charge is -2.35. The van der Waals surface area contributed by atoms with Gasteiger partial charge in [0.2, 0.25) is 11.8 Å². The summed E-state index contributed by atoms with van der Waals surface area (Å²) >= 11 is 0. The summed E-state index contributed by atoms with van der Waals surface area (Å²) in [5.41, 5.74) is 6.04. The number of non-ortho nitro benzene ring substituents is 1. The number of carbonyl (C=O) groups excluding carboxylic acids is 2. The van der Waals surface area contributed by atoms with Gasteiger partial charge in [-0.25, -0.2) is 0 Å². The number of aryl methyl sites for hydroxylation is 1. The van der Waals surface area contributed by atoms with Crippen molar-refractivity contribution < 1.29 is 14.5 Å². The van der Waals surface area contributed by atoms with Crippen molar-refractivity contribution in [2.75, 3.05) is 6.54 Å². The minimum absolute atomic E-state index is 0.0255. The predicted octanol–water partition coefficient (Wildman–Crippen LogP) is 1.78. The SMILES string of the molecule is NC(=O)C[C@H]1CCCCN1C(=O)CCc1cccc([N+](=O)[O-])c1. The number of likely N-dealkylation sites (tertiary alicyclic amines) is 1. The van der Waals surface area contributed by atoms with Crippen molar-refractivity contribution in [1.82, 2.24) is 4.90 Å². The summed E-state index contributed by atoms with van der Waals surface area (Å²) in [6, 6.07) is 6.20. The van der Waals surface area contributed by atoms with Crippen LogP contribution in [-0.4, -0.2) is 34.2 Å². The number of carbonyl (C=O) groups is 2. The second kappa shape index (κ2) is 7.71. The molecule has 1 aromatic rings. The standard InChI is InChI=1S/C16H21N3O4/c17-15(20)11-13-5-1-2-9-18(13)16(21)8-7-12-4-3-6-14(10-12)19(22)23/h3-4,6,10,13H,1-2,5,7-9,11H2,(H2,17,20)/t13-/m1/s1. The van der Waals surface area contributed by atoms with Gasteiger partial charge < -0.3 is 10.6 Å². The quantitative estimate of drug-likeness (QED) is 0.637. The third kappa shape index (κ3) is 4.77. The number of piperidine rings is 1. The highest BCUT2D eigenvalue weighted by Crippen LogP contribution is 2.21. The maximum absolute atomic E-state index is 12.4. The molecule has 1 saturated heterocycles. The maximum Gasteiger partial charge on any atom is 0.269 e. The van der Waals surface area contributed by atoms with Gasteiger partial charge in [0.25, 0.3) is 5.69 Å². The smallest absolute Gasteiger partial charge is 0.269 e. The normalized spacial score (nSPS) is 17.7. The summed E-state index contributed by atoms with van der Waals surface area (Å²) in [7, 11) is 0. The number of rotatable bonds is 6. The van der Waals surface area contributed by atoms with Gasteiger partial charge in [-0.05, 0) is 31.2 Å². The minimum atomic E-state index is -0.446. The van der Waals surface area contributed by atoms with Crippen molar-refractivity contribution in [3.05, 3.63) is 39.9 Å². The van der Waals surface area contributed by atoms with Gasteiger partial charge >= 0.3 is 0 Å². The van der Waals surface area contributed by atoms with Crippen molar-refractivity contribution in [2.45, 2.75) is 44.6 Å². The van der Waals surface area contributed by atoms with E-state index in [2.05, 4.69) is 0 Å². The molecule has 0 aliphatic carbocycles. The molecule has 2 amide bonds. The molecular formula is C16H21N3O4. The van der Waals surface area contributed by atoms with Crippen molar-refractivity contribution in [3.8, 4) is 0 Å². The van der Waals surface area contributed by atoms with Crippen LogP contribution in [0.5, 0.6) is 0 Å². The van der Waals surface area contributed by atoms with E-state index in [0.717, 1.165) is 24.8 Å². The molecule has 0 aromatic heterocycles. The number of nitrogens with two attached hydrogens (primary N) is 1. The second-order valence-electron chi connectivity index (χ2n) is 5.83. The molecule has 2 N–H and O–H groups in total. The molecule has 2 rings (SSSR count). The zero-order valence-electron chi connectivity index (χ0n) is 12.9. The number of hydrogen-bond donors (Lipinski definition) is 1. The van der Waals surface area contributed by atoms with Crippen molar-refractivity contribution in [1.29, 1.82) is 0 Å². The third-order valence-corrected chi connectivity index (χ3v) is 4.13. The Hall–Kier alpha value is -2.44. The molecule has 0 saturated carbocycles. The Morgan fingerprint density at radius 1 is 1.35 bits per heavy atom. The molecule has 1 aromatic carbocycles. The van der Waals surface area contributed by atoms with E-state index in [-0.39, 0.29) is 30.5 Å². The number of primary amides is 1. The van der Waals surface area contributed by atoms with Crippen LogP contribution in [-0.2, 0) is 16.0 Å². The molecule has 1 fully saturated rings. The molecule has 0 unspecified atom stereocenters. The van der Waals surface area contributed by atoms with Crippen LogP contribution in [0.15, 0.2) is 24.3 Å². The Kier molecular flexibility index (Phi) is 5.67. The molecule has 1 atom stereocenters. The van der Waals surface area contributed by atoms with E-state index in [9.17, 15) is 19.7 Å². The number of nitro groups is 1. The number of amides is 2. The summed E-state index contributed by atoms with van der Waals surface area (Å²) in [5, 5.41) is 10.8. The van der Waals surface area contributed by atoms with E-state index in [1.807, 2.05) is 0 Å². The van der Waals surface area contributed by atoms with Crippen LogP contribution in [0, 0.1) is 10.1 Å². The predicted molar refractivity (Wildman–Crippen MR) is 84.6 cm³/mol. The molecule has 0 radical (unpaired) electrons. The van der Waals surface area contributed by atoms with Gasteiger partial charge in [0.1, 0.15) is 0 Å². The maximum atomic E-state index is 12.4. The summed E-state index contributed by atoms with van der Waals surface area (Å²) in [5.74, 6) is -0.421. The van der Waals surface area contributed by atoms with Crippen LogP contribution in [0.2, 0.25) is 0 Å². The van der Waals surface area contributed by atoms with Crippen LogP contribution in [0.1, 0.15) is 37.7 Å². The number of nitro benzene ring substituents is 1. The van der Waals surface area contributed by atoms with Crippen LogP contribution in [0.25, 0.3) is 0 Å². The Labute approximate surface area is 134 Å². The fourth-order valence-electron chi connectivity index (χ4n) is 2.99. The van der Waals surface area contributed by atoms with Gasteiger partial charge in [0.15, 0.2) is 0 Å². The van der Waals surface area contributed by atoms with Gasteiger partial charge in [-0.15, -0.1) is 0 Å². The Bertz CT molecular complexity index is 603. The lowest BCUT2D eigenvalue weighted by atomic mass is 9.98. The topological polar surface area (TPSA) is 107 Å². The molecule has 0 bridgehead atoms. The van der Waals surface area contributed by atoms with E-state index in [1.54, 1.807) is 17.0 Å². The van der Waals surface area contributed by atoms with Gasteiger partial charge in [0.05, 0.1) is 4.92 Å². The van der Waals surface area contributed by atoms with E-state index < -0.39 is 10.8 Å². The first-order valence-corrected chi connectivity index (χ1v) is 7.78. The van der Waals surface area contributed by atoms with Crippen LogP contribution >= 0.6 is 0 Å². The van der Waals surface area contributed by atoms with Crippen molar-refractivity contribution in [3.63, 3.8) is 0 Å². The first-order valence-electron chi connectivity index (χ1n) is 7.78. The number of benzene rings is 1. The van der Waals surface area contributed by atoms with E-state index >= 15 is 0 Å². The molecule has 124 valence electrons. The molecule has 0 spiro atoms. The van der Waals surface area contributed by atoms with Gasteiger partial charge in [-0.1, -0.05) is 12.1 Å². The van der Waals surface area contributed by atoms with Crippen LogP contribution < -0.4 is 5.73 Å². The van der Waals surface area contributed by atoms with Crippen molar-refractivity contribution >= 4 is 17.5 Å². The fourth-order valence-corrected chi connectivity index (χ4v) is 2.99. The minimum Gasteiger partial charge on any atom is -0.370 e. The summed E-state index contributed by atoms with van der Waals surface area (Å²) < 4.78 is 0. The van der Waals surface area contributed by atoms with Crippen molar-refractivity contribution in [2.24, 2.45) is 5.73 Å². The second-order valence-corrected chi connectivity index (χ2v) is 5.83. The highest BCUT2D eigenvalue weighted by atomic mass is 16.6. The van der Waals surface area contributed by atoms with Gasteiger partial charge in [-0.2, -0.15) is 0 Å². The molecule has 1 aliphatic heterocycles. The zero-order chi connectivity index (χ0) is 16.8. The largest absolute Gasteiger partial charge is 0.370 e. The Morgan fingerprint density at radius 2 is 2.13 bits per heavy atom. The molecule has 23 heavy (non-hydrogen) atoms.